The quantitative estimate of drug-likeness (QED) is 0.862. The highest BCUT2D eigenvalue weighted by Crippen LogP contribution is 2.33. The molecule has 0 radical (unpaired) electrons. The first kappa shape index (κ1) is 15.6. The van der Waals surface area contributed by atoms with Crippen LogP contribution in [0.15, 0.2) is 24.3 Å². The van der Waals surface area contributed by atoms with Gasteiger partial charge in [0.25, 0.3) is 0 Å². The number of nitrogens with two attached hydrogens (primary N) is 1. The van der Waals surface area contributed by atoms with E-state index in [1.165, 1.54) is 0 Å². The average molecular weight is 287 g/mol. The van der Waals surface area contributed by atoms with E-state index in [0.29, 0.717) is 6.07 Å². The van der Waals surface area contributed by atoms with Crippen LogP contribution < -0.4 is 10.5 Å². The Hall–Kier alpha value is -1.44. The van der Waals surface area contributed by atoms with Crippen molar-refractivity contribution in [1.82, 2.24) is 0 Å². The molecule has 108 valence electrons. The molecule has 8 heteroatoms. The summed E-state index contributed by atoms with van der Waals surface area (Å²) < 4.78 is 79.3. The molecule has 0 heterocycles. The first-order valence-electron chi connectivity index (χ1n) is 5.25. The summed E-state index contributed by atoms with van der Waals surface area (Å²) in [6, 6.07) is 3.28. The predicted molar refractivity (Wildman–Crippen MR) is 55.6 cm³/mol. The highest BCUT2D eigenvalue weighted by Gasteiger charge is 2.41. The molecule has 0 spiro atoms. The van der Waals surface area contributed by atoms with E-state index in [1.54, 1.807) is 0 Å². The van der Waals surface area contributed by atoms with E-state index in [0.717, 1.165) is 18.2 Å². The molecule has 1 atom stereocenters. The fourth-order valence-electron chi connectivity index (χ4n) is 1.35. The van der Waals surface area contributed by atoms with Crippen molar-refractivity contribution >= 4 is 0 Å². The molecule has 0 bridgehead atoms. The second-order valence-electron chi connectivity index (χ2n) is 3.75. The van der Waals surface area contributed by atoms with E-state index in [1.807, 2.05) is 0 Å². The van der Waals surface area contributed by atoms with E-state index in [2.05, 4.69) is 4.74 Å². The summed E-state index contributed by atoms with van der Waals surface area (Å²) >= 11 is 0. The second-order valence-corrected chi connectivity index (χ2v) is 3.75. The summed E-state index contributed by atoms with van der Waals surface area (Å²) in [5.74, 6) is -0.495. The van der Waals surface area contributed by atoms with Gasteiger partial charge in [-0.15, -0.1) is 0 Å². The van der Waals surface area contributed by atoms with Gasteiger partial charge in [-0.2, -0.15) is 26.3 Å². The Kier molecular flexibility index (Phi) is 4.67. The molecule has 2 N–H and O–H groups in total. The lowest BCUT2D eigenvalue weighted by Gasteiger charge is -2.21. The molecular formula is C11H11F6NO. The monoisotopic (exact) mass is 287 g/mol. The Morgan fingerprint density at radius 3 is 2.21 bits per heavy atom. The van der Waals surface area contributed by atoms with Gasteiger partial charge in [0.05, 0.1) is 5.56 Å². The van der Waals surface area contributed by atoms with Gasteiger partial charge in [0.2, 0.25) is 0 Å². The zero-order valence-electron chi connectivity index (χ0n) is 9.55. The molecule has 0 aliphatic heterocycles. The smallest absolute Gasteiger partial charge is 0.425 e. The van der Waals surface area contributed by atoms with Gasteiger partial charge in [-0.1, -0.05) is 6.07 Å². The molecule has 0 amide bonds. The Morgan fingerprint density at radius 1 is 1.11 bits per heavy atom. The van der Waals surface area contributed by atoms with Crippen LogP contribution in [-0.2, 0) is 6.18 Å². The van der Waals surface area contributed by atoms with Crippen molar-refractivity contribution in [2.24, 2.45) is 5.73 Å². The van der Waals surface area contributed by atoms with Crippen molar-refractivity contribution in [2.75, 3.05) is 6.54 Å². The number of hydrogen-bond acceptors (Lipinski definition) is 2. The number of halogens is 6. The lowest BCUT2D eigenvalue weighted by Crippen LogP contribution is -2.36. The van der Waals surface area contributed by atoms with E-state index < -0.39 is 36.2 Å². The second kappa shape index (κ2) is 5.68. The maximum atomic E-state index is 12.5. The summed E-state index contributed by atoms with van der Waals surface area (Å²) in [5, 5.41) is 0. The minimum absolute atomic E-state index is 0.289. The number of ether oxygens (including phenoxy) is 1. The molecule has 0 saturated heterocycles. The highest BCUT2D eigenvalue weighted by atomic mass is 19.4. The molecule has 0 fully saturated rings. The lowest BCUT2D eigenvalue weighted by atomic mass is 10.2. The van der Waals surface area contributed by atoms with Crippen molar-refractivity contribution in [3.05, 3.63) is 29.8 Å². The van der Waals surface area contributed by atoms with Crippen LogP contribution in [0.4, 0.5) is 26.3 Å². The number of rotatable bonds is 4. The predicted octanol–water partition coefficient (Wildman–Crippen LogP) is 3.36. The zero-order chi connectivity index (χ0) is 14.7. The van der Waals surface area contributed by atoms with Crippen molar-refractivity contribution in [2.45, 2.75) is 24.9 Å². The molecule has 0 aliphatic carbocycles. The fraction of sp³-hybridized carbons (Fsp3) is 0.455. The highest BCUT2D eigenvalue weighted by molar-refractivity contribution is 5.30. The van der Waals surface area contributed by atoms with E-state index in [9.17, 15) is 26.3 Å². The molecule has 0 aliphatic rings. The van der Waals surface area contributed by atoms with Crippen LogP contribution >= 0.6 is 0 Å². The first-order chi connectivity index (χ1) is 8.64. The minimum atomic E-state index is -4.69. The largest absolute Gasteiger partial charge is 0.481 e. The van der Waals surface area contributed by atoms with Crippen LogP contribution in [-0.4, -0.2) is 18.8 Å². The minimum Gasteiger partial charge on any atom is -0.481 e. The van der Waals surface area contributed by atoms with E-state index >= 15 is 0 Å². The third kappa shape index (κ3) is 4.62. The molecule has 1 unspecified atom stereocenters. The molecule has 1 aromatic carbocycles. The van der Waals surface area contributed by atoms with Crippen molar-refractivity contribution in [1.29, 1.82) is 0 Å². The normalized spacial score (nSPS) is 14.3. The SMILES string of the molecule is NCCC(Oc1cccc(C(F)(F)F)c1)C(F)(F)F. The Morgan fingerprint density at radius 2 is 1.74 bits per heavy atom. The maximum Gasteiger partial charge on any atom is 0.425 e. The standard InChI is InChI=1S/C11H11F6NO/c12-10(13,14)7-2-1-3-8(6-7)19-9(4-5-18)11(15,16)17/h1-3,6,9H,4-5,18H2. The first-order valence-corrected chi connectivity index (χ1v) is 5.25. The average Bonchev–Trinajstić information content (AvgIpc) is 2.26. The van der Waals surface area contributed by atoms with Crippen LogP contribution in [0.1, 0.15) is 12.0 Å². The van der Waals surface area contributed by atoms with Gasteiger partial charge in [-0.25, -0.2) is 0 Å². The van der Waals surface area contributed by atoms with Gasteiger partial charge in [0.1, 0.15) is 5.75 Å². The van der Waals surface area contributed by atoms with Crippen molar-refractivity contribution < 1.29 is 31.1 Å². The summed E-state index contributed by atoms with van der Waals surface area (Å²) in [6.45, 7) is -0.289. The molecule has 2 nitrogen and oxygen atoms in total. The van der Waals surface area contributed by atoms with Crippen LogP contribution in [0.2, 0.25) is 0 Å². The lowest BCUT2D eigenvalue weighted by molar-refractivity contribution is -0.196. The number of alkyl halides is 6. The van der Waals surface area contributed by atoms with Gasteiger partial charge >= 0.3 is 12.4 Å². The van der Waals surface area contributed by atoms with Crippen molar-refractivity contribution in [3.8, 4) is 5.75 Å². The maximum absolute atomic E-state index is 12.5. The van der Waals surface area contributed by atoms with Crippen LogP contribution in [0.3, 0.4) is 0 Å². The van der Waals surface area contributed by atoms with E-state index in [4.69, 9.17) is 5.73 Å². The Bertz CT molecular complexity index is 414. The van der Waals surface area contributed by atoms with Crippen molar-refractivity contribution in [3.63, 3.8) is 0 Å². The topological polar surface area (TPSA) is 35.2 Å². The summed E-state index contributed by atoms with van der Waals surface area (Å²) in [7, 11) is 0. The number of benzene rings is 1. The Balaban J connectivity index is 2.91. The van der Waals surface area contributed by atoms with Crippen LogP contribution in [0.25, 0.3) is 0 Å². The summed E-state index contributed by atoms with van der Waals surface area (Å²) in [6.07, 6.45) is -12.1. The van der Waals surface area contributed by atoms with Gasteiger partial charge in [-0.3, -0.25) is 0 Å². The Labute approximate surface area is 105 Å². The molecule has 19 heavy (non-hydrogen) atoms. The molecular weight excluding hydrogens is 276 g/mol. The third-order valence-electron chi connectivity index (χ3n) is 2.23. The van der Waals surface area contributed by atoms with Crippen LogP contribution in [0.5, 0.6) is 5.75 Å². The molecule has 1 aromatic rings. The molecule has 1 rings (SSSR count). The van der Waals surface area contributed by atoms with E-state index in [-0.39, 0.29) is 6.54 Å². The third-order valence-corrected chi connectivity index (χ3v) is 2.23. The van der Waals surface area contributed by atoms with Gasteiger partial charge in [0, 0.05) is 6.42 Å². The summed E-state index contributed by atoms with van der Waals surface area (Å²) in [5.41, 5.74) is 3.95. The molecule has 0 saturated carbocycles. The molecule has 0 aromatic heterocycles. The van der Waals surface area contributed by atoms with Crippen LogP contribution in [0, 0.1) is 0 Å². The number of hydrogen-bond donors (Lipinski definition) is 1. The van der Waals surface area contributed by atoms with Gasteiger partial charge in [0.15, 0.2) is 6.10 Å². The summed E-state index contributed by atoms with van der Waals surface area (Å²) in [4.78, 5) is 0. The van der Waals surface area contributed by atoms with Gasteiger partial charge < -0.3 is 10.5 Å². The zero-order valence-corrected chi connectivity index (χ0v) is 9.55. The fourth-order valence-corrected chi connectivity index (χ4v) is 1.35. The van der Waals surface area contributed by atoms with Gasteiger partial charge in [-0.05, 0) is 24.7 Å².